The van der Waals surface area contributed by atoms with Gasteiger partial charge in [0.05, 0.1) is 18.8 Å². The summed E-state index contributed by atoms with van der Waals surface area (Å²) in [5, 5.41) is 3.22. The van der Waals surface area contributed by atoms with Crippen molar-refractivity contribution in [3.05, 3.63) is 0 Å². The Balaban J connectivity index is 1.67. The minimum absolute atomic E-state index is 0.279. The average molecular weight is 211 g/mol. The van der Waals surface area contributed by atoms with Crippen molar-refractivity contribution < 1.29 is 4.74 Å². The van der Waals surface area contributed by atoms with E-state index in [-0.39, 0.29) is 6.10 Å². The number of guanidine groups is 1. The highest BCUT2D eigenvalue weighted by molar-refractivity contribution is 5.78. The summed E-state index contributed by atoms with van der Waals surface area (Å²) in [6.07, 6.45) is 6.71. The van der Waals surface area contributed by atoms with Crippen molar-refractivity contribution in [1.82, 2.24) is 5.32 Å². The molecule has 1 saturated heterocycles. The molecule has 86 valence electrons. The topological polar surface area (TPSA) is 59.6 Å². The van der Waals surface area contributed by atoms with Crippen LogP contribution in [0.5, 0.6) is 0 Å². The van der Waals surface area contributed by atoms with Gasteiger partial charge in [-0.15, -0.1) is 0 Å². The lowest BCUT2D eigenvalue weighted by Gasteiger charge is -2.26. The minimum Gasteiger partial charge on any atom is -0.373 e. The summed E-state index contributed by atoms with van der Waals surface area (Å²) in [5.74, 6) is 0.586. The van der Waals surface area contributed by atoms with Gasteiger partial charge in [-0.2, -0.15) is 0 Å². The van der Waals surface area contributed by atoms with Gasteiger partial charge in [-0.1, -0.05) is 0 Å². The Labute approximate surface area is 91.3 Å². The molecule has 2 fully saturated rings. The third kappa shape index (κ3) is 3.09. The largest absolute Gasteiger partial charge is 0.373 e. The predicted octanol–water partition coefficient (Wildman–Crippen LogP) is 1.01. The Bertz CT molecular complexity index is 238. The highest BCUT2D eigenvalue weighted by Gasteiger charge is 2.21. The van der Waals surface area contributed by atoms with Gasteiger partial charge in [-0.25, -0.2) is 0 Å². The molecule has 2 atom stereocenters. The molecule has 1 aliphatic carbocycles. The molecule has 0 amide bonds. The molecule has 15 heavy (non-hydrogen) atoms. The van der Waals surface area contributed by atoms with E-state index in [4.69, 9.17) is 10.5 Å². The lowest BCUT2D eigenvalue weighted by Crippen LogP contribution is -2.44. The van der Waals surface area contributed by atoms with Crippen LogP contribution in [0.25, 0.3) is 0 Å². The Morgan fingerprint density at radius 3 is 2.73 bits per heavy atom. The first kappa shape index (κ1) is 10.7. The van der Waals surface area contributed by atoms with E-state index in [0.29, 0.717) is 24.7 Å². The lowest BCUT2D eigenvalue weighted by atomic mass is 9.93. The van der Waals surface area contributed by atoms with Gasteiger partial charge in [-0.05, 0) is 39.0 Å². The van der Waals surface area contributed by atoms with Crippen LogP contribution < -0.4 is 11.1 Å². The molecule has 0 radical (unpaired) electrons. The second kappa shape index (κ2) is 4.84. The fourth-order valence-electron chi connectivity index (χ4n) is 2.03. The van der Waals surface area contributed by atoms with E-state index < -0.39 is 0 Å². The van der Waals surface area contributed by atoms with E-state index in [9.17, 15) is 0 Å². The number of hydrogen-bond acceptors (Lipinski definition) is 2. The van der Waals surface area contributed by atoms with Gasteiger partial charge < -0.3 is 15.8 Å². The first-order chi connectivity index (χ1) is 7.24. The molecule has 0 aromatic heterocycles. The Morgan fingerprint density at radius 2 is 2.20 bits per heavy atom. The molecule has 1 aliphatic heterocycles. The highest BCUT2D eigenvalue weighted by atomic mass is 16.5. The minimum atomic E-state index is 0.279. The summed E-state index contributed by atoms with van der Waals surface area (Å²) >= 11 is 0. The van der Waals surface area contributed by atoms with Gasteiger partial charge in [0, 0.05) is 6.04 Å². The first-order valence-electron chi connectivity index (χ1n) is 5.96. The lowest BCUT2D eigenvalue weighted by molar-refractivity contribution is 0.0615. The maximum atomic E-state index is 5.78. The van der Waals surface area contributed by atoms with E-state index in [2.05, 4.69) is 17.2 Å². The summed E-state index contributed by atoms with van der Waals surface area (Å²) in [7, 11) is 0. The van der Waals surface area contributed by atoms with Gasteiger partial charge >= 0.3 is 0 Å². The van der Waals surface area contributed by atoms with Crippen LogP contribution in [0.2, 0.25) is 0 Å². The van der Waals surface area contributed by atoms with E-state index in [1.165, 1.54) is 19.3 Å². The molecule has 2 aliphatic rings. The number of aliphatic imine (C=N–C) groups is 1. The Morgan fingerprint density at radius 1 is 1.40 bits per heavy atom. The third-order valence-electron chi connectivity index (χ3n) is 3.24. The Kier molecular flexibility index (Phi) is 3.46. The number of nitrogens with one attached hydrogen (secondary N) is 1. The molecule has 0 aromatic rings. The van der Waals surface area contributed by atoms with Gasteiger partial charge in [0.15, 0.2) is 5.96 Å². The van der Waals surface area contributed by atoms with E-state index in [1.54, 1.807) is 0 Å². The fourth-order valence-corrected chi connectivity index (χ4v) is 2.03. The number of ether oxygens (including phenoxy) is 1. The van der Waals surface area contributed by atoms with Crippen molar-refractivity contribution >= 4 is 5.96 Å². The van der Waals surface area contributed by atoms with Crippen molar-refractivity contribution in [2.45, 2.75) is 57.3 Å². The first-order valence-corrected chi connectivity index (χ1v) is 5.96. The average Bonchev–Trinajstić information content (AvgIpc) is 2.55. The Hall–Kier alpha value is -0.770. The van der Waals surface area contributed by atoms with Crippen LogP contribution in [0.15, 0.2) is 4.99 Å². The summed E-state index contributed by atoms with van der Waals surface area (Å²) in [4.78, 5) is 4.32. The molecular formula is C11H21N3O. The maximum Gasteiger partial charge on any atom is 0.188 e. The van der Waals surface area contributed by atoms with E-state index in [1.807, 2.05) is 0 Å². The fraction of sp³-hybridized carbons (Fsp3) is 0.909. The number of nitrogens with zero attached hydrogens (tertiary/aromatic N) is 1. The van der Waals surface area contributed by atoms with Crippen molar-refractivity contribution in [2.24, 2.45) is 10.7 Å². The van der Waals surface area contributed by atoms with Crippen LogP contribution in [-0.2, 0) is 4.74 Å². The van der Waals surface area contributed by atoms with Crippen LogP contribution >= 0.6 is 0 Å². The highest BCUT2D eigenvalue weighted by Crippen LogP contribution is 2.19. The number of hydrogen-bond donors (Lipinski definition) is 2. The predicted molar refractivity (Wildman–Crippen MR) is 60.8 cm³/mol. The van der Waals surface area contributed by atoms with Crippen LogP contribution in [0.3, 0.4) is 0 Å². The van der Waals surface area contributed by atoms with Crippen LogP contribution in [0, 0.1) is 0 Å². The zero-order valence-electron chi connectivity index (χ0n) is 9.41. The van der Waals surface area contributed by atoms with E-state index >= 15 is 0 Å². The van der Waals surface area contributed by atoms with Gasteiger partial charge in [-0.3, -0.25) is 4.99 Å². The molecular weight excluding hydrogens is 190 g/mol. The summed E-state index contributed by atoms with van der Waals surface area (Å²) in [6.45, 7) is 2.82. The third-order valence-corrected chi connectivity index (χ3v) is 3.24. The quantitative estimate of drug-likeness (QED) is 0.541. The molecule has 4 nitrogen and oxygen atoms in total. The van der Waals surface area contributed by atoms with Crippen molar-refractivity contribution in [2.75, 3.05) is 6.54 Å². The SMILES string of the molecule is CC1CCC(CN=C(N)NC2CCC2)O1. The normalized spacial score (nSPS) is 32.7. The molecule has 2 unspecified atom stereocenters. The molecule has 1 heterocycles. The zero-order valence-corrected chi connectivity index (χ0v) is 9.41. The van der Waals surface area contributed by atoms with Crippen molar-refractivity contribution in [3.8, 4) is 0 Å². The molecule has 2 rings (SSSR count). The van der Waals surface area contributed by atoms with Crippen LogP contribution in [0.4, 0.5) is 0 Å². The van der Waals surface area contributed by atoms with Crippen molar-refractivity contribution in [3.63, 3.8) is 0 Å². The standard InChI is InChI=1S/C11H21N3O/c1-8-5-6-10(15-8)7-13-11(12)14-9-3-2-4-9/h8-10H,2-7H2,1H3,(H3,12,13,14). The summed E-state index contributed by atoms with van der Waals surface area (Å²) < 4.78 is 5.67. The second-order valence-corrected chi connectivity index (χ2v) is 4.64. The smallest absolute Gasteiger partial charge is 0.188 e. The van der Waals surface area contributed by atoms with Crippen LogP contribution in [0.1, 0.15) is 39.0 Å². The molecule has 0 spiro atoms. The van der Waals surface area contributed by atoms with Crippen molar-refractivity contribution in [1.29, 1.82) is 0 Å². The molecule has 0 bridgehead atoms. The summed E-state index contributed by atoms with van der Waals surface area (Å²) in [5.41, 5.74) is 5.78. The number of nitrogens with two attached hydrogens (primary N) is 1. The zero-order chi connectivity index (χ0) is 10.7. The van der Waals surface area contributed by atoms with Gasteiger partial charge in [0.1, 0.15) is 0 Å². The molecule has 0 aromatic carbocycles. The van der Waals surface area contributed by atoms with Gasteiger partial charge in [0.2, 0.25) is 0 Å². The number of rotatable bonds is 3. The van der Waals surface area contributed by atoms with Gasteiger partial charge in [0.25, 0.3) is 0 Å². The summed E-state index contributed by atoms with van der Waals surface area (Å²) in [6, 6.07) is 0.567. The van der Waals surface area contributed by atoms with E-state index in [0.717, 1.165) is 12.8 Å². The maximum absolute atomic E-state index is 5.78. The monoisotopic (exact) mass is 211 g/mol. The van der Waals surface area contributed by atoms with Crippen LogP contribution in [-0.4, -0.2) is 30.8 Å². The molecule has 4 heteroatoms. The second-order valence-electron chi connectivity index (χ2n) is 4.64. The molecule has 3 N–H and O–H groups in total. The molecule has 1 saturated carbocycles.